The molecule has 4 rings (SSSR count). The van der Waals surface area contributed by atoms with Gasteiger partial charge in [0.25, 0.3) is 0 Å². The summed E-state index contributed by atoms with van der Waals surface area (Å²) in [5.74, 6) is -6.73. The summed E-state index contributed by atoms with van der Waals surface area (Å²) < 4.78 is 21.4. The van der Waals surface area contributed by atoms with Crippen molar-refractivity contribution in [3.8, 4) is 11.5 Å². The maximum absolute atomic E-state index is 13.3. The van der Waals surface area contributed by atoms with Gasteiger partial charge in [-0.1, -0.05) is 105 Å². The average molecular weight is 801 g/mol. The van der Waals surface area contributed by atoms with E-state index in [9.17, 15) is 19.2 Å². The number of carbonyl (C=O) groups excluding carboxylic acids is 4. The van der Waals surface area contributed by atoms with E-state index in [4.69, 9.17) is 88.6 Å². The third-order valence-electron chi connectivity index (χ3n) is 7.59. The summed E-state index contributed by atoms with van der Waals surface area (Å²) in [5.41, 5.74) is 6.01. The molecule has 0 aliphatic heterocycles. The third-order valence-corrected chi connectivity index (χ3v) is 9.73. The molecule has 262 valence electrons. The number of aryl methyl sites for hydroxylation is 6. The first kappa shape index (κ1) is 39.3. The van der Waals surface area contributed by atoms with Gasteiger partial charge in [0.1, 0.15) is 24.3 Å². The van der Waals surface area contributed by atoms with Gasteiger partial charge < -0.3 is 18.9 Å². The molecule has 0 N–H and O–H groups in total. The Bertz CT molecular complexity index is 1880. The van der Waals surface area contributed by atoms with Crippen molar-refractivity contribution >= 4 is 93.5 Å². The van der Waals surface area contributed by atoms with Gasteiger partial charge in [-0.2, -0.15) is 0 Å². The summed E-state index contributed by atoms with van der Waals surface area (Å²) in [7, 11) is 0. The highest BCUT2D eigenvalue weighted by atomic mass is 35.5. The molecule has 0 atom stereocenters. The second-order valence-electron chi connectivity index (χ2n) is 11.4. The lowest BCUT2D eigenvalue weighted by Gasteiger charge is -2.17. The van der Waals surface area contributed by atoms with Crippen LogP contribution in [0.1, 0.15) is 65.2 Å². The van der Waals surface area contributed by atoms with Crippen LogP contribution in [-0.4, -0.2) is 23.9 Å². The van der Waals surface area contributed by atoms with E-state index in [1.165, 1.54) is 0 Å². The highest BCUT2D eigenvalue weighted by Gasteiger charge is 2.32. The molecule has 0 amide bonds. The predicted octanol–water partition coefficient (Wildman–Crippen LogP) is 10.7. The third kappa shape index (κ3) is 8.68. The van der Waals surface area contributed by atoms with E-state index in [1.807, 2.05) is 65.8 Å². The highest BCUT2D eigenvalue weighted by Crippen LogP contribution is 2.42. The van der Waals surface area contributed by atoms with Crippen molar-refractivity contribution < 1.29 is 38.1 Å². The maximum Gasteiger partial charge on any atom is 0.423 e. The van der Waals surface area contributed by atoms with Crippen molar-refractivity contribution in [1.82, 2.24) is 0 Å². The van der Waals surface area contributed by atoms with Crippen molar-refractivity contribution in [3.05, 3.63) is 122 Å². The Morgan fingerprint density at radius 2 is 0.780 bits per heavy atom. The predicted molar refractivity (Wildman–Crippen MR) is 194 cm³/mol. The van der Waals surface area contributed by atoms with Gasteiger partial charge in [0.2, 0.25) is 0 Å². The van der Waals surface area contributed by atoms with Crippen LogP contribution in [0.25, 0.3) is 0 Å². The fourth-order valence-electron chi connectivity index (χ4n) is 5.29. The Balaban J connectivity index is 1.60. The molecule has 0 aromatic heterocycles. The van der Waals surface area contributed by atoms with Crippen molar-refractivity contribution in [2.24, 2.45) is 0 Å². The van der Waals surface area contributed by atoms with Gasteiger partial charge in [-0.05, 0) is 87.1 Å². The fraction of sp³-hybridized carbons (Fsp3) is 0.222. The molecule has 0 saturated heterocycles. The molecular formula is C36H28Cl6O8. The van der Waals surface area contributed by atoms with Crippen LogP contribution in [0.3, 0.4) is 0 Å². The van der Waals surface area contributed by atoms with Crippen LogP contribution in [0.4, 0.5) is 0 Å². The molecule has 0 spiro atoms. The summed E-state index contributed by atoms with van der Waals surface area (Å²) in [6, 6.07) is 9.91. The Hall–Kier alpha value is -3.50. The Morgan fingerprint density at radius 3 is 1.08 bits per heavy atom. The number of carbonyl (C=O) groups is 4. The van der Waals surface area contributed by atoms with Gasteiger partial charge >= 0.3 is 23.9 Å². The summed E-state index contributed by atoms with van der Waals surface area (Å²) in [5, 5.41) is -1.73. The summed E-state index contributed by atoms with van der Waals surface area (Å²) in [4.78, 5) is 52.8. The number of halogens is 6. The molecule has 4 aromatic rings. The molecule has 0 saturated carbocycles. The van der Waals surface area contributed by atoms with Crippen molar-refractivity contribution in [3.63, 3.8) is 0 Å². The van der Waals surface area contributed by atoms with E-state index in [1.54, 1.807) is 0 Å². The van der Waals surface area contributed by atoms with Gasteiger partial charge in [0, 0.05) is 0 Å². The molecule has 0 radical (unpaired) electrons. The van der Waals surface area contributed by atoms with Gasteiger partial charge in [-0.15, -0.1) is 0 Å². The van der Waals surface area contributed by atoms with Crippen LogP contribution in [0, 0.1) is 41.5 Å². The molecule has 0 bridgehead atoms. The van der Waals surface area contributed by atoms with E-state index in [0.717, 1.165) is 56.6 Å². The standard InChI is InChI=1S/C36H28Cl6O8/c1-15-7-17(3)21(18(4)8-15)13-47-33(43)27-29(41)23(37)11-25(39)31(27)49-35(45)36(46)50-32-26(40)12-24(38)30(42)28(32)34(44)48-14-22-19(5)9-16(2)10-20(22)6/h7-12H,13-14H2,1-6H3. The zero-order chi connectivity index (χ0) is 37.2. The van der Waals surface area contributed by atoms with Crippen molar-refractivity contribution in [2.45, 2.75) is 54.8 Å². The number of rotatable bonds is 8. The summed E-state index contributed by atoms with van der Waals surface area (Å²) in [6.07, 6.45) is 0. The second-order valence-corrected chi connectivity index (χ2v) is 13.8. The molecule has 0 fully saturated rings. The lowest BCUT2D eigenvalue weighted by atomic mass is 10.0. The minimum atomic E-state index is -1.68. The van der Waals surface area contributed by atoms with E-state index >= 15 is 0 Å². The first-order valence-corrected chi connectivity index (χ1v) is 16.9. The van der Waals surface area contributed by atoms with Gasteiger partial charge in [0.05, 0.1) is 30.1 Å². The first-order chi connectivity index (χ1) is 23.4. The highest BCUT2D eigenvalue weighted by molar-refractivity contribution is 6.47. The van der Waals surface area contributed by atoms with E-state index in [-0.39, 0.29) is 43.3 Å². The van der Waals surface area contributed by atoms with Crippen LogP contribution in [0.5, 0.6) is 11.5 Å². The van der Waals surface area contributed by atoms with Crippen LogP contribution < -0.4 is 9.47 Å². The Kier molecular flexibility index (Phi) is 12.8. The number of hydrogen-bond donors (Lipinski definition) is 0. The maximum atomic E-state index is 13.3. The van der Waals surface area contributed by atoms with Gasteiger partial charge in [-0.3, -0.25) is 0 Å². The lowest BCUT2D eigenvalue weighted by molar-refractivity contribution is -0.156. The lowest BCUT2D eigenvalue weighted by Crippen LogP contribution is -2.27. The average Bonchev–Trinajstić information content (AvgIpc) is 3.01. The zero-order valence-corrected chi connectivity index (χ0v) is 31.9. The summed E-state index contributed by atoms with van der Waals surface area (Å²) in [6.45, 7) is 11.0. The quantitative estimate of drug-likeness (QED) is 0.0751. The summed E-state index contributed by atoms with van der Waals surface area (Å²) >= 11 is 37.6. The SMILES string of the molecule is Cc1cc(C)c(COC(=O)c2c(Cl)c(Cl)cc(Cl)c2OC(=O)C(=O)Oc2c(Cl)cc(Cl)c(Cl)c2C(=O)OCc2c(C)cc(C)cc2C)c(C)c1. The molecule has 0 aliphatic carbocycles. The topological polar surface area (TPSA) is 105 Å². The number of benzene rings is 4. The fourth-order valence-corrected chi connectivity index (χ4v) is 6.72. The monoisotopic (exact) mass is 798 g/mol. The Labute approximate surface area is 318 Å². The van der Waals surface area contributed by atoms with Crippen molar-refractivity contribution in [1.29, 1.82) is 0 Å². The van der Waals surface area contributed by atoms with E-state index in [0.29, 0.717) is 0 Å². The zero-order valence-electron chi connectivity index (χ0n) is 27.4. The molecule has 14 heteroatoms. The molecule has 0 heterocycles. The normalized spacial score (nSPS) is 10.9. The number of ether oxygens (including phenoxy) is 4. The molecule has 0 aliphatic rings. The van der Waals surface area contributed by atoms with Crippen LogP contribution in [0.2, 0.25) is 30.1 Å². The van der Waals surface area contributed by atoms with Gasteiger partial charge in [0.15, 0.2) is 11.5 Å². The smallest absolute Gasteiger partial charge is 0.423 e. The Morgan fingerprint density at radius 1 is 0.480 bits per heavy atom. The number of hydrogen-bond acceptors (Lipinski definition) is 8. The molecule has 8 nitrogen and oxygen atoms in total. The van der Waals surface area contributed by atoms with E-state index < -0.39 is 46.5 Å². The van der Waals surface area contributed by atoms with Crippen LogP contribution in [0.15, 0.2) is 36.4 Å². The molecule has 4 aromatic carbocycles. The van der Waals surface area contributed by atoms with Crippen LogP contribution >= 0.6 is 69.6 Å². The van der Waals surface area contributed by atoms with Gasteiger partial charge in [-0.25, -0.2) is 19.2 Å². The van der Waals surface area contributed by atoms with Crippen LogP contribution in [-0.2, 0) is 32.3 Å². The first-order valence-electron chi connectivity index (χ1n) is 14.7. The molecule has 0 unspecified atom stereocenters. The minimum absolute atomic E-state index is 0.157. The second kappa shape index (κ2) is 16.2. The molecular weight excluding hydrogens is 773 g/mol. The largest absolute Gasteiger partial charge is 0.457 e. The minimum Gasteiger partial charge on any atom is -0.457 e. The van der Waals surface area contributed by atoms with Crippen molar-refractivity contribution in [2.75, 3.05) is 0 Å². The molecule has 50 heavy (non-hydrogen) atoms. The number of esters is 4. The van der Waals surface area contributed by atoms with E-state index in [2.05, 4.69) is 0 Å².